The smallest absolute Gasteiger partial charge is 0.145 e. The molecule has 118 valence electrons. The summed E-state index contributed by atoms with van der Waals surface area (Å²) in [5, 5.41) is 0. The fraction of sp³-hybridized carbons (Fsp3) is 0.947. The second-order valence-electron chi connectivity index (χ2n) is 9.78. The Morgan fingerprint density at radius 2 is 1.33 bits per heavy atom. The van der Waals surface area contributed by atoms with Crippen LogP contribution >= 0.6 is 0 Å². The average molecular weight is 290 g/mol. The van der Waals surface area contributed by atoms with Crippen LogP contribution in [0.25, 0.3) is 0 Å². The van der Waals surface area contributed by atoms with Gasteiger partial charge < -0.3 is 4.74 Å². The van der Waals surface area contributed by atoms with E-state index in [0.29, 0.717) is 5.78 Å². The van der Waals surface area contributed by atoms with E-state index >= 15 is 0 Å². The molecule has 0 amide bonds. The third kappa shape index (κ3) is 2.12. The molecule has 1 heterocycles. The predicted molar refractivity (Wildman–Crippen MR) is 83.0 cm³/mol. The van der Waals surface area contributed by atoms with Crippen molar-refractivity contribution in [1.29, 1.82) is 0 Å². The molecule has 0 N–H and O–H groups in total. The van der Waals surface area contributed by atoms with Crippen molar-refractivity contribution in [2.24, 2.45) is 29.1 Å². The number of hydrogen-bond donors (Lipinski definition) is 0. The van der Waals surface area contributed by atoms with Crippen molar-refractivity contribution in [3.8, 4) is 0 Å². The SMILES string of the molecule is CC1(C)CC(C(=O)C23CC4CC(CC(C4)C2)C3)C(C)(C)O1. The van der Waals surface area contributed by atoms with Crippen molar-refractivity contribution >= 4 is 5.78 Å². The van der Waals surface area contributed by atoms with E-state index in [4.69, 9.17) is 4.74 Å². The number of carbonyl (C=O) groups is 1. The molecular formula is C19H30O2. The maximum absolute atomic E-state index is 13.5. The number of ether oxygens (including phenoxy) is 1. The van der Waals surface area contributed by atoms with Crippen LogP contribution in [0.1, 0.15) is 72.6 Å². The average Bonchev–Trinajstić information content (AvgIpc) is 2.54. The summed E-state index contributed by atoms with van der Waals surface area (Å²) < 4.78 is 6.21. The first kappa shape index (κ1) is 14.2. The van der Waals surface area contributed by atoms with Crippen LogP contribution in [0.4, 0.5) is 0 Å². The molecular weight excluding hydrogens is 260 g/mol. The molecule has 1 unspecified atom stereocenters. The highest BCUT2D eigenvalue weighted by atomic mass is 16.5. The maximum atomic E-state index is 13.5. The Balaban J connectivity index is 1.63. The van der Waals surface area contributed by atoms with Crippen LogP contribution in [0.3, 0.4) is 0 Å². The van der Waals surface area contributed by atoms with Gasteiger partial charge in [0.1, 0.15) is 5.78 Å². The first-order valence-corrected chi connectivity index (χ1v) is 8.94. The minimum absolute atomic E-state index is 0.0282. The van der Waals surface area contributed by atoms with E-state index in [-0.39, 0.29) is 22.5 Å². The molecule has 0 spiro atoms. The predicted octanol–water partition coefficient (Wildman–Crippen LogP) is 4.37. The van der Waals surface area contributed by atoms with Gasteiger partial charge >= 0.3 is 0 Å². The number of rotatable bonds is 2. The molecule has 1 atom stereocenters. The molecule has 1 saturated heterocycles. The number of Topliss-reactive ketones (excluding diaryl/α,β-unsaturated/α-hetero) is 1. The summed E-state index contributed by atoms with van der Waals surface area (Å²) >= 11 is 0. The Morgan fingerprint density at radius 1 is 0.857 bits per heavy atom. The van der Waals surface area contributed by atoms with Gasteiger partial charge in [0.25, 0.3) is 0 Å². The lowest BCUT2D eigenvalue weighted by Crippen LogP contribution is -2.53. The topological polar surface area (TPSA) is 26.3 Å². The molecule has 4 aliphatic carbocycles. The quantitative estimate of drug-likeness (QED) is 0.755. The molecule has 5 aliphatic rings. The summed E-state index contributed by atoms with van der Waals surface area (Å²) in [6.45, 7) is 8.54. The van der Waals surface area contributed by atoms with Gasteiger partial charge in [0.15, 0.2) is 0 Å². The van der Waals surface area contributed by atoms with Gasteiger partial charge in [0, 0.05) is 11.3 Å². The summed E-state index contributed by atoms with van der Waals surface area (Å²) in [6, 6.07) is 0. The van der Waals surface area contributed by atoms with E-state index in [9.17, 15) is 4.79 Å². The van der Waals surface area contributed by atoms with E-state index in [1.165, 1.54) is 38.5 Å². The van der Waals surface area contributed by atoms with Gasteiger partial charge in [-0.1, -0.05) is 0 Å². The van der Waals surface area contributed by atoms with Crippen molar-refractivity contribution in [2.75, 3.05) is 0 Å². The third-order valence-electron chi connectivity index (χ3n) is 6.95. The van der Waals surface area contributed by atoms with Gasteiger partial charge in [-0.15, -0.1) is 0 Å². The fourth-order valence-corrected chi connectivity index (χ4v) is 6.75. The van der Waals surface area contributed by atoms with E-state index in [0.717, 1.165) is 24.2 Å². The van der Waals surface area contributed by atoms with Crippen LogP contribution in [0, 0.1) is 29.1 Å². The molecule has 1 aliphatic heterocycles. The second kappa shape index (κ2) is 4.13. The molecule has 5 rings (SSSR count). The Hall–Kier alpha value is -0.370. The highest BCUT2D eigenvalue weighted by molar-refractivity contribution is 5.89. The highest BCUT2D eigenvalue weighted by Gasteiger charge is 2.59. The van der Waals surface area contributed by atoms with E-state index in [1.54, 1.807) is 0 Å². The van der Waals surface area contributed by atoms with Crippen LogP contribution in [-0.4, -0.2) is 17.0 Å². The normalized spacial score (nSPS) is 49.5. The summed E-state index contributed by atoms with van der Waals surface area (Å²) in [5.41, 5.74) is -0.406. The number of carbonyl (C=O) groups excluding carboxylic acids is 1. The Bertz CT molecular complexity index is 439. The standard InChI is InChI=1S/C19H30O2/c1-17(2)11-15(18(3,4)21-17)16(20)19-8-12-5-13(9-19)7-14(6-12)10-19/h12-15H,5-11H2,1-4H3. The molecule has 4 bridgehead atoms. The Labute approximate surface area is 129 Å². The molecule has 5 fully saturated rings. The zero-order valence-corrected chi connectivity index (χ0v) is 14.1. The minimum atomic E-state index is -0.288. The van der Waals surface area contributed by atoms with Gasteiger partial charge in [-0.25, -0.2) is 0 Å². The molecule has 0 aromatic rings. The van der Waals surface area contributed by atoms with E-state index < -0.39 is 0 Å². The van der Waals surface area contributed by atoms with Crippen molar-refractivity contribution in [3.05, 3.63) is 0 Å². The minimum Gasteiger partial charge on any atom is -0.369 e. The lowest BCUT2D eigenvalue weighted by Gasteiger charge is -2.57. The van der Waals surface area contributed by atoms with Gasteiger partial charge in [-0.2, -0.15) is 0 Å². The zero-order valence-electron chi connectivity index (χ0n) is 14.1. The molecule has 0 radical (unpaired) electrons. The molecule has 0 aromatic carbocycles. The summed E-state index contributed by atoms with van der Waals surface area (Å²) in [4.78, 5) is 13.5. The Kier molecular flexibility index (Phi) is 2.80. The molecule has 21 heavy (non-hydrogen) atoms. The van der Waals surface area contributed by atoms with Crippen molar-refractivity contribution in [2.45, 2.75) is 83.8 Å². The third-order valence-corrected chi connectivity index (χ3v) is 6.95. The lowest BCUT2D eigenvalue weighted by molar-refractivity contribution is -0.153. The molecule has 4 saturated carbocycles. The molecule has 0 aromatic heterocycles. The molecule has 2 nitrogen and oxygen atoms in total. The van der Waals surface area contributed by atoms with Gasteiger partial charge in [-0.3, -0.25) is 4.79 Å². The number of hydrogen-bond acceptors (Lipinski definition) is 2. The fourth-order valence-electron chi connectivity index (χ4n) is 6.75. The Morgan fingerprint density at radius 3 is 1.71 bits per heavy atom. The van der Waals surface area contributed by atoms with E-state index in [2.05, 4.69) is 27.7 Å². The maximum Gasteiger partial charge on any atom is 0.145 e. The first-order valence-electron chi connectivity index (χ1n) is 8.94. The van der Waals surface area contributed by atoms with E-state index in [1.807, 2.05) is 0 Å². The first-order chi connectivity index (χ1) is 9.69. The zero-order chi connectivity index (χ0) is 15.0. The van der Waals surface area contributed by atoms with Crippen LogP contribution in [0.2, 0.25) is 0 Å². The van der Waals surface area contributed by atoms with Crippen molar-refractivity contribution in [3.63, 3.8) is 0 Å². The summed E-state index contributed by atoms with van der Waals surface area (Å²) in [5.74, 6) is 3.21. The summed E-state index contributed by atoms with van der Waals surface area (Å²) in [6.07, 6.45) is 8.68. The van der Waals surface area contributed by atoms with Gasteiger partial charge in [0.05, 0.1) is 11.2 Å². The van der Waals surface area contributed by atoms with Gasteiger partial charge in [-0.05, 0) is 90.4 Å². The summed E-state index contributed by atoms with van der Waals surface area (Å²) in [7, 11) is 0. The van der Waals surface area contributed by atoms with Crippen LogP contribution in [0.15, 0.2) is 0 Å². The molecule has 2 heteroatoms. The lowest BCUT2D eigenvalue weighted by atomic mass is 9.47. The van der Waals surface area contributed by atoms with Crippen LogP contribution in [0.5, 0.6) is 0 Å². The van der Waals surface area contributed by atoms with Crippen molar-refractivity contribution in [1.82, 2.24) is 0 Å². The largest absolute Gasteiger partial charge is 0.369 e. The van der Waals surface area contributed by atoms with Crippen LogP contribution in [-0.2, 0) is 9.53 Å². The second-order valence-corrected chi connectivity index (χ2v) is 9.78. The number of ketones is 1. The van der Waals surface area contributed by atoms with Gasteiger partial charge in [0.2, 0.25) is 0 Å². The highest BCUT2D eigenvalue weighted by Crippen LogP contribution is 2.62. The van der Waals surface area contributed by atoms with Crippen molar-refractivity contribution < 1.29 is 9.53 Å². The van der Waals surface area contributed by atoms with Crippen LogP contribution < -0.4 is 0 Å². The monoisotopic (exact) mass is 290 g/mol.